The summed E-state index contributed by atoms with van der Waals surface area (Å²) >= 11 is 1.62. The van der Waals surface area contributed by atoms with E-state index in [4.69, 9.17) is 4.74 Å². The Bertz CT molecular complexity index is 926. The summed E-state index contributed by atoms with van der Waals surface area (Å²) < 4.78 is 4.72. The highest BCUT2D eigenvalue weighted by molar-refractivity contribution is 8.02. The number of hydrogen-bond donors (Lipinski definition) is 1. The molecule has 7 nitrogen and oxygen atoms in total. The molecule has 37 heavy (non-hydrogen) atoms. The second-order valence-corrected chi connectivity index (χ2v) is 14.6. The monoisotopic (exact) mass is 534 g/mol. The Hall–Kier alpha value is -1.80. The number of amides is 2. The lowest BCUT2D eigenvalue weighted by atomic mass is 9.71. The molecule has 8 heteroatoms. The van der Waals surface area contributed by atoms with Gasteiger partial charge >= 0.3 is 5.97 Å². The molecule has 0 saturated carbocycles. The van der Waals surface area contributed by atoms with Crippen LogP contribution in [0.2, 0.25) is 0 Å². The molecule has 2 amide bonds. The normalized spacial score (nSPS) is 29.9. The van der Waals surface area contributed by atoms with E-state index < -0.39 is 40.2 Å². The number of nitrogens with zero attached hydrogens (tertiary/aromatic N) is 2. The van der Waals surface area contributed by atoms with Gasteiger partial charge in [-0.05, 0) is 44.4 Å². The molecule has 3 fully saturated rings. The first kappa shape index (κ1) is 29.8. The Kier molecular flexibility index (Phi) is 8.65. The average Bonchev–Trinajstić information content (AvgIpc) is 3.42. The number of aliphatic hydroxyl groups excluding tert-OH is 1. The lowest BCUT2D eigenvalue weighted by Gasteiger charge is -2.47. The Morgan fingerprint density at radius 1 is 1.24 bits per heavy atom. The van der Waals surface area contributed by atoms with Crippen molar-refractivity contribution in [2.24, 2.45) is 23.2 Å². The van der Waals surface area contributed by atoms with Gasteiger partial charge in [0.15, 0.2) is 0 Å². The third kappa shape index (κ3) is 5.25. The zero-order valence-corrected chi connectivity index (χ0v) is 24.5. The SMILES string of the molecule is C=CCOC(=O)[C@@H]1[C@H]2C(=O)N([C@@H](CO)C(C)C)C(C(=O)N(CC=C)C(C)(C)CC(C)(C)C)C23CC[C@H]1S3. The minimum absolute atomic E-state index is 0.0264. The lowest BCUT2D eigenvalue weighted by molar-refractivity contribution is -0.154. The van der Waals surface area contributed by atoms with Crippen molar-refractivity contribution in [2.75, 3.05) is 19.8 Å². The Balaban J connectivity index is 2.13. The van der Waals surface area contributed by atoms with E-state index in [0.29, 0.717) is 13.0 Å². The van der Waals surface area contributed by atoms with Gasteiger partial charge in [0.25, 0.3) is 0 Å². The molecule has 0 aromatic heterocycles. The maximum atomic E-state index is 14.7. The first-order valence-electron chi connectivity index (χ1n) is 13.5. The number of likely N-dealkylation sites (tertiary alicyclic amines) is 1. The maximum absolute atomic E-state index is 14.7. The number of hydrogen-bond acceptors (Lipinski definition) is 6. The summed E-state index contributed by atoms with van der Waals surface area (Å²) in [5.74, 6) is -2.05. The molecule has 3 aliphatic rings. The van der Waals surface area contributed by atoms with Crippen molar-refractivity contribution in [1.29, 1.82) is 0 Å². The minimum Gasteiger partial charge on any atom is -0.461 e. The lowest BCUT2D eigenvalue weighted by Crippen LogP contribution is -2.62. The van der Waals surface area contributed by atoms with Crippen LogP contribution in [0.25, 0.3) is 0 Å². The summed E-state index contributed by atoms with van der Waals surface area (Å²) in [6.07, 6.45) is 5.44. The average molecular weight is 535 g/mol. The van der Waals surface area contributed by atoms with Crippen molar-refractivity contribution < 1.29 is 24.2 Å². The molecule has 3 rings (SSSR count). The van der Waals surface area contributed by atoms with Crippen LogP contribution in [-0.2, 0) is 19.1 Å². The molecule has 3 saturated heterocycles. The van der Waals surface area contributed by atoms with E-state index >= 15 is 0 Å². The van der Waals surface area contributed by atoms with Crippen LogP contribution in [0, 0.1) is 23.2 Å². The standard InChI is InChI=1S/C29H46N2O5S/c1-10-14-30(28(8,9)17-27(5,6)7)25(34)23-29-13-12-20(37-29)21(26(35)36-15-11-2)22(29)24(33)31(23)19(16-32)18(3)4/h10-11,18-23,32H,1-2,12-17H2,3-9H3/t19-,20+,21-,22-,23?,29?/m0/s1. The Morgan fingerprint density at radius 3 is 2.41 bits per heavy atom. The van der Waals surface area contributed by atoms with Crippen molar-refractivity contribution in [1.82, 2.24) is 9.80 Å². The molecule has 0 aromatic rings. The molecule has 6 atom stereocenters. The fourth-order valence-corrected chi connectivity index (χ4v) is 9.35. The van der Waals surface area contributed by atoms with E-state index in [0.717, 1.165) is 12.8 Å². The molecule has 0 aliphatic carbocycles. The fourth-order valence-electron chi connectivity index (χ4n) is 7.16. The molecule has 1 spiro atoms. The topological polar surface area (TPSA) is 87.1 Å². The molecule has 2 bridgehead atoms. The van der Waals surface area contributed by atoms with Crippen LogP contribution < -0.4 is 0 Å². The third-order valence-electron chi connectivity index (χ3n) is 8.17. The fraction of sp³-hybridized carbons (Fsp3) is 0.759. The molecule has 2 unspecified atom stereocenters. The largest absolute Gasteiger partial charge is 0.461 e. The number of thioether (sulfide) groups is 1. The molecule has 0 radical (unpaired) electrons. The van der Waals surface area contributed by atoms with Crippen molar-refractivity contribution in [3.63, 3.8) is 0 Å². The van der Waals surface area contributed by atoms with Crippen LogP contribution in [0.3, 0.4) is 0 Å². The van der Waals surface area contributed by atoms with Crippen molar-refractivity contribution in [3.8, 4) is 0 Å². The third-order valence-corrected chi connectivity index (χ3v) is 10.1. The molecule has 0 aromatic carbocycles. The van der Waals surface area contributed by atoms with Gasteiger partial charge in [-0.1, -0.05) is 53.3 Å². The van der Waals surface area contributed by atoms with E-state index in [2.05, 4.69) is 47.8 Å². The second-order valence-electron chi connectivity index (χ2n) is 13.0. The van der Waals surface area contributed by atoms with Gasteiger partial charge in [0, 0.05) is 17.3 Å². The molecule has 3 aliphatic heterocycles. The zero-order chi connectivity index (χ0) is 27.9. The van der Waals surface area contributed by atoms with Crippen LogP contribution in [-0.4, -0.2) is 80.1 Å². The van der Waals surface area contributed by atoms with Crippen LogP contribution in [0.4, 0.5) is 0 Å². The van der Waals surface area contributed by atoms with Crippen molar-refractivity contribution in [3.05, 3.63) is 25.3 Å². The molecular weight excluding hydrogens is 488 g/mol. The molecule has 3 heterocycles. The van der Waals surface area contributed by atoms with Crippen LogP contribution in [0.5, 0.6) is 0 Å². The molecular formula is C29H46N2O5S. The van der Waals surface area contributed by atoms with E-state index in [1.54, 1.807) is 22.7 Å². The molecule has 208 valence electrons. The predicted molar refractivity (Wildman–Crippen MR) is 148 cm³/mol. The summed E-state index contributed by atoms with van der Waals surface area (Å²) in [6.45, 7) is 22.2. The van der Waals surface area contributed by atoms with Gasteiger partial charge in [-0.25, -0.2) is 0 Å². The predicted octanol–water partition coefficient (Wildman–Crippen LogP) is 4.05. The minimum atomic E-state index is -0.768. The Morgan fingerprint density at radius 2 is 1.89 bits per heavy atom. The summed E-state index contributed by atoms with van der Waals surface area (Å²) in [6, 6.07) is -1.29. The number of rotatable bonds is 11. The number of carbonyl (C=O) groups excluding carboxylic acids is 3. The van der Waals surface area contributed by atoms with Gasteiger partial charge in [0.1, 0.15) is 12.6 Å². The summed E-state index contributed by atoms with van der Waals surface area (Å²) in [4.78, 5) is 45.6. The smallest absolute Gasteiger partial charge is 0.311 e. The quantitative estimate of drug-likeness (QED) is 0.318. The number of ether oxygens (including phenoxy) is 1. The highest BCUT2D eigenvalue weighted by Crippen LogP contribution is 2.67. The van der Waals surface area contributed by atoms with Gasteiger partial charge in [-0.3, -0.25) is 14.4 Å². The van der Waals surface area contributed by atoms with Gasteiger partial charge in [0.05, 0.1) is 29.2 Å². The van der Waals surface area contributed by atoms with Crippen LogP contribution >= 0.6 is 11.8 Å². The van der Waals surface area contributed by atoms with E-state index in [1.165, 1.54) is 6.08 Å². The highest BCUT2D eigenvalue weighted by atomic mass is 32.2. The van der Waals surface area contributed by atoms with Crippen LogP contribution in [0.1, 0.15) is 67.7 Å². The first-order valence-corrected chi connectivity index (χ1v) is 14.4. The number of aliphatic hydroxyl groups is 1. The summed E-state index contributed by atoms with van der Waals surface area (Å²) in [5.41, 5.74) is -0.523. The van der Waals surface area contributed by atoms with E-state index in [-0.39, 0.29) is 41.6 Å². The van der Waals surface area contributed by atoms with Crippen LogP contribution in [0.15, 0.2) is 25.3 Å². The van der Waals surface area contributed by atoms with Gasteiger partial charge in [-0.2, -0.15) is 0 Å². The van der Waals surface area contributed by atoms with Gasteiger partial charge < -0.3 is 19.6 Å². The molecule has 1 N–H and O–H groups in total. The van der Waals surface area contributed by atoms with E-state index in [9.17, 15) is 19.5 Å². The van der Waals surface area contributed by atoms with Crippen molar-refractivity contribution in [2.45, 2.75) is 95.3 Å². The second kappa shape index (κ2) is 10.8. The zero-order valence-electron chi connectivity index (χ0n) is 23.7. The Labute approximate surface area is 227 Å². The van der Waals surface area contributed by atoms with Gasteiger partial charge in [-0.15, -0.1) is 18.3 Å². The number of carbonyl (C=O) groups is 3. The summed E-state index contributed by atoms with van der Waals surface area (Å²) in [7, 11) is 0. The maximum Gasteiger partial charge on any atom is 0.311 e. The van der Waals surface area contributed by atoms with Gasteiger partial charge in [0.2, 0.25) is 11.8 Å². The van der Waals surface area contributed by atoms with Crippen molar-refractivity contribution >= 4 is 29.5 Å². The van der Waals surface area contributed by atoms with E-state index in [1.807, 2.05) is 18.7 Å². The summed E-state index contributed by atoms with van der Waals surface area (Å²) in [5, 5.41) is 10.3. The highest BCUT2D eigenvalue weighted by Gasteiger charge is 2.75. The number of fused-ring (bicyclic) bond motifs is 1. The first-order chi connectivity index (χ1) is 17.2. The number of esters is 1.